The molecule has 6 nitrogen and oxygen atoms in total. The van der Waals surface area contributed by atoms with E-state index in [1.54, 1.807) is 18.6 Å². The van der Waals surface area contributed by atoms with Crippen molar-refractivity contribution in [3.63, 3.8) is 0 Å². The molecule has 8 heteroatoms. The molecule has 25 heavy (non-hydrogen) atoms. The number of aromatic nitrogens is 2. The van der Waals surface area contributed by atoms with Gasteiger partial charge in [0.25, 0.3) is 0 Å². The molecule has 0 radical (unpaired) electrons. The Morgan fingerprint density at radius 3 is 2.36 bits per heavy atom. The van der Waals surface area contributed by atoms with Crippen molar-refractivity contribution < 1.29 is 4.79 Å². The Bertz CT molecular complexity index is 541. The van der Waals surface area contributed by atoms with Gasteiger partial charge in [0, 0.05) is 57.1 Å². The first-order chi connectivity index (χ1) is 11.3. The van der Waals surface area contributed by atoms with Gasteiger partial charge in [-0.25, -0.2) is 4.98 Å². The number of halogens is 2. The number of hydrogen-bond donors (Lipinski definition) is 1. The van der Waals surface area contributed by atoms with E-state index in [1.165, 1.54) is 25.7 Å². The van der Waals surface area contributed by atoms with Gasteiger partial charge in [0.05, 0.1) is 6.20 Å². The molecule has 3 aliphatic rings. The third-order valence-electron chi connectivity index (χ3n) is 5.54. The van der Waals surface area contributed by atoms with Gasteiger partial charge < -0.3 is 15.1 Å². The number of fused-ring (bicyclic) bond motifs is 2. The molecule has 0 saturated carbocycles. The summed E-state index contributed by atoms with van der Waals surface area (Å²) in [7, 11) is 0. The number of piperidine rings is 1. The minimum absolute atomic E-state index is 0. The number of carbonyl (C=O) groups is 1. The maximum absolute atomic E-state index is 12.6. The summed E-state index contributed by atoms with van der Waals surface area (Å²) in [6.45, 7) is 3.30. The lowest BCUT2D eigenvalue weighted by Gasteiger charge is -2.36. The summed E-state index contributed by atoms with van der Waals surface area (Å²) in [5.41, 5.74) is 0. The first-order valence-electron chi connectivity index (χ1n) is 8.83. The summed E-state index contributed by atoms with van der Waals surface area (Å²) in [5, 5.41) is 3.65. The van der Waals surface area contributed by atoms with Gasteiger partial charge in [-0.15, -0.1) is 24.8 Å². The van der Waals surface area contributed by atoms with E-state index in [4.69, 9.17) is 0 Å². The van der Waals surface area contributed by atoms with Gasteiger partial charge in [0.2, 0.25) is 5.91 Å². The van der Waals surface area contributed by atoms with Crippen LogP contribution in [0.25, 0.3) is 0 Å². The predicted molar refractivity (Wildman–Crippen MR) is 103 cm³/mol. The fourth-order valence-corrected chi connectivity index (χ4v) is 4.36. The van der Waals surface area contributed by atoms with E-state index in [1.807, 2.05) is 4.90 Å². The molecule has 0 aromatic carbocycles. The normalized spacial score (nSPS) is 28.1. The number of hydrogen-bond acceptors (Lipinski definition) is 5. The van der Waals surface area contributed by atoms with E-state index in [9.17, 15) is 4.79 Å². The van der Waals surface area contributed by atoms with Gasteiger partial charge in [0.15, 0.2) is 0 Å². The van der Waals surface area contributed by atoms with Crippen molar-refractivity contribution in [2.75, 3.05) is 31.1 Å². The smallest absolute Gasteiger partial charge is 0.222 e. The largest absolute Gasteiger partial charge is 0.352 e. The van der Waals surface area contributed by atoms with Crippen LogP contribution in [0.15, 0.2) is 18.6 Å². The van der Waals surface area contributed by atoms with E-state index in [-0.39, 0.29) is 24.8 Å². The number of amides is 1. The Morgan fingerprint density at radius 2 is 1.76 bits per heavy atom. The molecule has 3 fully saturated rings. The van der Waals surface area contributed by atoms with Gasteiger partial charge in [-0.2, -0.15) is 0 Å². The molecular weight excluding hydrogens is 361 g/mol. The molecular formula is C17H27Cl2N5O. The van der Waals surface area contributed by atoms with Crippen molar-refractivity contribution in [2.24, 2.45) is 5.92 Å². The maximum Gasteiger partial charge on any atom is 0.222 e. The van der Waals surface area contributed by atoms with Crippen molar-refractivity contribution in [3.05, 3.63) is 18.6 Å². The summed E-state index contributed by atoms with van der Waals surface area (Å²) in [6.07, 6.45) is 10.9. The molecule has 0 spiro atoms. The third-order valence-corrected chi connectivity index (χ3v) is 5.54. The Labute approximate surface area is 161 Å². The van der Waals surface area contributed by atoms with E-state index in [0.29, 0.717) is 23.9 Å². The molecule has 2 unspecified atom stereocenters. The Kier molecular flexibility index (Phi) is 7.28. The fourth-order valence-electron chi connectivity index (χ4n) is 4.36. The van der Waals surface area contributed by atoms with Crippen LogP contribution in [0.2, 0.25) is 0 Å². The second kappa shape index (κ2) is 9.01. The zero-order chi connectivity index (χ0) is 15.6. The molecule has 1 aromatic heterocycles. The van der Waals surface area contributed by atoms with Crippen LogP contribution in [0.4, 0.5) is 5.82 Å². The zero-order valence-electron chi connectivity index (χ0n) is 14.3. The molecule has 2 atom stereocenters. The molecule has 1 aromatic rings. The van der Waals surface area contributed by atoms with Crippen molar-refractivity contribution in [3.8, 4) is 0 Å². The molecule has 140 valence electrons. The van der Waals surface area contributed by atoms with Gasteiger partial charge >= 0.3 is 0 Å². The van der Waals surface area contributed by atoms with Crippen LogP contribution in [0.3, 0.4) is 0 Å². The maximum atomic E-state index is 12.6. The molecule has 3 aliphatic heterocycles. The number of piperazine rings is 1. The van der Waals surface area contributed by atoms with Crippen LogP contribution in [0, 0.1) is 5.92 Å². The van der Waals surface area contributed by atoms with Crippen LogP contribution < -0.4 is 10.2 Å². The monoisotopic (exact) mass is 387 g/mol. The second-order valence-corrected chi connectivity index (χ2v) is 7.11. The quantitative estimate of drug-likeness (QED) is 0.857. The number of anilines is 1. The van der Waals surface area contributed by atoms with E-state index in [2.05, 4.69) is 20.2 Å². The highest BCUT2D eigenvalue weighted by Crippen LogP contribution is 2.33. The van der Waals surface area contributed by atoms with Gasteiger partial charge in [-0.05, 0) is 31.6 Å². The lowest BCUT2D eigenvalue weighted by molar-refractivity contribution is -0.132. The Hall–Kier alpha value is -1.11. The topological polar surface area (TPSA) is 61.4 Å². The van der Waals surface area contributed by atoms with Crippen molar-refractivity contribution in [2.45, 2.75) is 44.2 Å². The molecule has 1 amide bonds. The Morgan fingerprint density at radius 1 is 1.08 bits per heavy atom. The molecule has 4 heterocycles. The summed E-state index contributed by atoms with van der Waals surface area (Å²) in [6, 6.07) is 1.33. The lowest BCUT2D eigenvalue weighted by atomic mass is 9.89. The number of rotatable bonds is 3. The van der Waals surface area contributed by atoms with E-state index in [0.717, 1.165) is 38.4 Å². The van der Waals surface area contributed by atoms with Crippen LogP contribution in [0.5, 0.6) is 0 Å². The molecule has 3 saturated heterocycles. The molecule has 2 bridgehead atoms. The molecule has 0 aliphatic carbocycles. The van der Waals surface area contributed by atoms with E-state index >= 15 is 0 Å². The Balaban J connectivity index is 0.00000113. The standard InChI is InChI=1S/C17H25N5O.2ClH/c23-17(11-13-9-14-1-2-15(10-13)20-14)22-7-5-21(6-8-22)16-12-18-3-4-19-16;;/h3-4,12-15,20H,1-2,5-11H2;2*1H. The highest BCUT2D eigenvalue weighted by atomic mass is 35.5. The van der Waals surface area contributed by atoms with Crippen LogP contribution in [0.1, 0.15) is 32.1 Å². The summed E-state index contributed by atoms with van der Waals surface area (Å²) >= 11 is 0. The lowest BCUT2D eigenvalue weighted by Crippen LogP contribution is -2.49. The highest BCUT2D eigenvalue weighted by molar-refractivity contribution is 5.85. The summed E-state index contributed by atoms with van der Waals surface area (Å²) in [4.78, 5) is 25.3. The summed E-state index contributed by atoms with van der Waals surface area (Å²) in [5.74, 6) is 1.84. The number of carbonyl (C=O) groups excluding carboxylic acids is 1. The summed E-state index contributed by atoms with van der Waals surface area (Å²) < 4.78 is 0. The zero-order valence-corrected chi connectivity index (χ0v) is 16.0. The molecule has 4 rings (SSSR count). The van der Waals surface area contributed by atoms with Crippen LogP contribution >= 0.6 is 24.8 Å². The molecule has 1 N–H and O–H groups in total. The highest BCUT2D eigenvalue weighted by Gasteiger charge is 2.35. The third kappa shape index (κ3) is 4.74. The van der Waals surface area contributed by atoms with Gasteiger partial charge in [-0.1, -0.05) is 0 Å². The van der Waals surface area contributed by atoms with Gasteiger partial charge in [-0.3, -0.25) is 9.78 Å². The SMILES string of the molecule is Cl.Cl.O=C(CC1CC2CCC(C1)N2)N1CCN(c2cnccn2)CC1. The first-order valence-corrected chi connectivity index (χ1v) is 8.83. The van der Waals surface area contributed by atoms with E-state index < -0.39 is 0 Å². The minimum atomic E-state index is 0. The average molecular weight is 388 g/mol. The van der Waals surface area contributed by atoms with Crippen molar-refractivity contribution in [1.82, 2.24) is 20.2 Å². The second-order valence-electron chi connectivity index (χ2n) is 7.11. The van der Waals surface area contributed by atoms with Crippen LogP contribution in [-0.2, 0) is 4.79 Å². The first kappa shape index (κ1) is 20.2. The van der Waals surface area contributed by atoms with Crippen LogP contribution in [-0.4, -0.2) is 59.0 Å². The average Bonchev–Trinajstić information content (AvgIpc) is 2.94. The number of nitrogens with one attached hydrogen (secondary N) is 1. The van der Waals surface area contributed by atoms with Gasteiger partial charge in [0.1, 0.15) is 5.82 Å². The predicted octanol–water partition coefficient (Wildman–Crippen LogP) is 1.89. The van der Waals surface area contributed by atoms with Crippen molar-refractivity contribution in [1.29, 1.82) is 0 Å². The van der Waals surface area contributed by atoms with Crippen molar-refractivity contribution >= 4 is 36.5 Å². The number of nitrogens with zero attached hydrogens (tertiary/aromatic N) is 4. The minimum Gasteiger partial charge on any atom is -0.352 e. The fraction of sp³-hybridized carbons (Fsp3) is 0.706.